The molecule has 1 atom stereocenters. The number of thiophene rings is 1. The highest BCUT2D eigenvalue weighted by Crippen LogP contribution is 2.28. The molecule has 0 spiro atoms. The average molecular weight is 347 g/mol. The fourth-order valence-electron chi connectivity index (χ4n) is 3.35. The Morgan fingerprint density at radius 2 is 2.21 bits per heavy atom. The normalized spacial score (nSPS) is 14.8. The molecule has 1 unspecified atom stereocenters. The summed E-state index contributed by atoms with van der Waals surface area (Å²) in [5, 5.41) is 3.69. The minimum Gasteiger partial charge on any atom is -0.349 e. The van der Waals surface area contributed by atoms with Crippen molar-refractivity contribution in [1.82, 2.24) is 14.9 Å². The Morgan fingerprint density at radius 1 is 1.42 bits per heavy atom. The van der Waals surface area contributed by atoms with Gasteiger partial charge in [0.2, 0.25) is 0 Å². The lowest BCUT2D eigenvalue weighted by atomic mass is 10.1. The Bertz CT molecular complexity index is 822. The summed E-state index contributed by atoms with van der Waals surface area (Å²) in [6.45, 7) is 6.81. The van der Waals surface area contributed by atoms with Crippen LogP contribution >= 0.6 is 11.3 Å². The molecule has 1 amide bonds. The van der Waals surface area contributed by atoms with Crippen LogP contribution in [-0.2, 0) is 13.0 Å². The summed E-state index contributed by atoms with van der Waals surface area (Å²) in [5.74, 6) is 0.776. The molecule has 3 heterocycles. The zero-order valence-electron chi connectivity index (χ0n) is 14.6. The number of nitrogens with zero attached hydrogens (tertiary/aromatic N) is 2. The molecule has 2 aromatic rings. The molecule has 0 fully saturated rings. The molecule has 5 nitrogen and oxygen atoms in total. The number of amides is 1. The molecule has 24 heavy (non-hydrogen) atoms. The molecular weight excluding hydrogens is 322 g/mol. The number of carbonyl (C=O) groups is 1. The van der Waals surface area contributed by atoms with Crippen LogP contribution in [0.4, 0.5) is 0 Å². The predicted octanol–water partition coefficient (Wildman–Crippen LogP) is 3.41. The van der Waals surface area contributed by atoms with E-state index >= 15 is 0 Å². The molecule has 0 aromatic carbocycles. The predicted molar refractivity (Wildman–Crippen MR) is 98.0 cm³/mol. The molecule has 6 heteroatoms. The molecule has 0 bridgehead atoms. The smallest absolute Gasteiger partial charge is 0.262 e. The fraction of sp³-hybridized carbons (Fsp3) is 0.611. The summed E-state index contributed by atoms with van der Waals surface area (Å²) >= 11 is 1.35. The highest BCUT2D eigenvalue weighted by atomic mass is 32.1. The Morgan fingerprint density at radius 3 is 2.96 bits per heavy atom. The average Bonchev–Trinajstić information content (AvgIpc) is 3.13. The van der Waals surface area contributed by atoms with E-state index in [0.29, 0.717) is 15.1 Å². The van der Waals surface area contributed by atoms with Crippen molar-refractivity contribution in [3.63, 3.8) is 0 Å². The van der Waals surface area contributed by atoms with Gasteiger partial charge in [-0.2, -0.15) is 0 Å². The Balaban J connectivity index is 1.85. The van der Waals surface area contributed by atoms with Gasteiger partial charge in [-0.25, -0.2) is 4.98 Å². The maximum absolute atomic E-state index is 12.7. The molecule has 0 radical (unpaired) electrons. The number of aromatic nitrogens is 2. The van der Waals surface area contributed by atoms with Crippen LogP contribution in [0.15, 0.2) is 4.79 Å². The summed E-state index contributed by atoms with van der Waals surface area (Å²) in [7, 11) is 0. The summed E-state index contributed by atoms with van der Waals surface area (Å²) in [6, 6.07) is 0.146. The number of nitrogens with one attached hydrogen (secondary N) is 1. The van der Waals surface area contributed by atoms with E-state index in [2.05, 4.69) is 17.2 Å². The van der Waals surface area contributed by atoms with Gasteiger partial charge in [-0.1, -0.05) is 26.2 Å². The van der Waals surface area contributed by atoms with Gasteiger partial charge >= 0.3 is 0 Å². The van der Waals surface area contributed by atoms with Gasteiger partial charge in [-0.15, -0.1) is 11.3 Å². The maximum Gasteiger partial charge on any atom is 0.262 e. The highest BCUT2D eigenvalue weighted by Gasteiger charge is 2.23. The third-order valence-corrected chi connectivity index (χ3v) is 5.92. The van der Waals surface area contributed by atoms with Gasteiger partial charge in [0.15, 0.2) is 0 Å². The highest BCUT2D eigenvalue weighted by molar-refractivity contribution is 7.20. The monoisotopic (exact) mass is 347 g/mol. The molecule has 130 valence electrons. The van der Waals surface area contributed by atoms with E-state index in [-0.39, 0.29) is 17.5 Å². The minimum absolute atomic E-state index is 0.0105. The fourth-order valence-corrected chi connectivity index (χ4v) is 4.45. The van der Waals surface area contributed by atoms with Crippen molar-refractivity contribution >= 4 is 27.5 Å². The van der Waals surface area contributed by atoms with Crippen molar-refractivity contribution in [2.24, 2.45) is 0 Å². The van der Waals surface area contributed by atoms with Gasteiger partial charge < -0.3 is 5.32 Å². The second kappa shape index (κ2) is 7.05. The van der Waals surface area contributed by atoms with Gasteiger partial charge in [-0.3, -0.25) is 14.2 Å². The molecule has 1 aliphatic heterocycles. The third-order valence-electron chi connectivity index (χ3n) is 4.74. The van der Waals surface area contributed by atoms with Gasteiger partial charge in [-0.05, 0) is 32.3 Å². The summed E-state index contributed by atoms with van der Waals surface area (Å²) in [6.07, 6.45) is 6.29. The van der Waals surface area contributed by atoms with Crippen molar-refractivity contribution in [2.45, 2.75) is 71.9 Å². The van der Waals surface area contributed by atoms with E-state index in [1.807, 2.05) is 13.8 Å². The Kier molecular flexibility index (Phi) is 5.04. The van der Waals surface area contributed by atoms with Crippen molar-refractivity contribution in [2.75, 3.05) is 0 Å². The molecule has 0 saturated heterocycles. The summed E-state index contributed by atoms with van der Waals surface area (Å²) < 4.78 is 1.76. The van der Waals surface area contributed by atoms with Crippen LogP contribution in [0.1, 0.15) is 67.0 Å². The Labute approximate surface area is 146 Å². The number of rotatable bonds is 6. The summed E-state index contributed by atoms with van der Waals surface area (Å²) in [4.78, 5) is 31.2. The van der Waals surface area contributed by atoms with E-state index in [1.54, 1.807) is 4.57 Å². The first kappa shape index (κ1) is 17.1. The first-order valence-corrected chi connectivity index (χ1v) is 9.68. The van der Waals surface area contributed by atoms with E-state index in [1.165, 1.54) is 24.2 Å². The first-order valence-electron chi connectivity index (χ1n) is 8.86. The second-order valence-electron chi connectivity index (χ2n) is 6.70. The van der Waals surface area contributed by atoms with Crippen molar-refractivity contribution in [1.29, 1.82) is 0 Å². The maximum atomic E-state index is 12.7. The standard InChI is InChI=1S/C18H25N3O2S/c1-4-5-6-8-11(2)19-16(22)15-12(3)14-17(24-15)20-13-9-7-10-21(13)18(14)23/h11H,4-10H2,1-3H3,(H,19,22). The molecule has 0 aliphatic carbocycles. The number of hydrogen-bond donors (Lipinski definition) is 1. The molecule has 0 saturated carbocycles. The quantitative estimate of drug-likeness (QED) is 0.815. The van der Waals surface area contributed by atoms with Gasteiger partial charge in [0.1, 0.15) is 10.7 Å². The number of unbranched alkanes of at least 4 members (excludes halogenated alkanes) is 2. The van der Waals surface area contributed by atoms with Crippen LogP contribution in [0.5, 0.6) is 0 Å². The van der Waals surface area contributed by atoms with Crippen LogP contribution in [0, 0.1) is 6.92 Å². The molecule has 1 aliphatic rings. The summed E-state index contributed by atoms with van der Waals surface area (Å²) in [5.41, 5.74) is 0.782. The van der Waals surface area contributed by atoms with Gasteiger partial charge in [0.05, 0.1) is 10.3 Å². The number of hydrogen-bond acceptors (Lipinski definition) is 4. The minimum atomic E-state index is -0.0796. The van der Waals surface area contributed by atoms with Crippen LogP contribution in [0.25, 0.3) is 10.2 Å². The number of carbonyl (C=O) groups excluding carboxylic acids is 1. The van der Waals surface area contributed by atoms with Crippen LogP contribution in [-0.4, -0.2) is 21.5 Å². The largest absolute Gasteiger partial charge is 0.349 e. The Hall–Kier alpha value is -1.69. The molecule has 3 rings (SSSR count). The van der Waals surface area contributed by atoms with E-state index < -0.39 is 0 Å². The van der Waals surface area contributed by atoms with Gasteiger partial charge in [0, 0.05) is 19.0 Å². The second-order valence-corrected chi connectivity index (χ2v) is 7.69. The third kappa shape index (κ3) is 3.11. The van der Waals surface area contributed by atoms with E-state index in [0.717, 1.165) is 43.6 Å². The van der Waals surface area contributed by atoms with Crippen molar-refractivity contribution in [3.05, 3.63) is 26.6 Å². The topological polar surface area (TPSA) is 64.0 Å². The van der Waals surface area contributed by atoms with Crippen LogP contribution in [0.2, 0.25) is 0 Å². The zero-order valence-corrected chi connectivity index (χ0v) is 15.5. The van der Waals surface area contributed by atoms with E-state index in [9.17, 15) is 9.59 Å². The number of fused-ring (bicyclic) bond motifs is 2. The first-order chi connectivity index (χ1) is 11.5. The van der Waals surface area contributed by atoms with E-state index in [4.69, 9.17) is 0 Å². The SMILES string of the molecule is CCCCCC(C)NC(=O)c1sc2nc3n(c(=O)c2c1C)CCC3. The lowest BCUT2D eigenvalue weighted by Gasteiger charge is -2.13. The molecule has 1 N–H and O–H groups in total. The van der Waals surface area contributed by atoms with Gasteiger partial charge in [0.25, 0.3) is 11.5 Å². The zero-order chi connectivity index (χ0) is 17.3. The van der Waals surface area contributed by atoms with Crippen molar-refractivity contribution < 1.29 is 4.79 Å². The van der Waals surface area contributed by atoms with Crippen LogP contribution in [0.3, 0.4) is 0 Å². The molecular formula is C18H25N3O2S. The lowest BCUT2D eigenvalue weighted by molar-refractivity contribution is 0.0941. The van der Waals surface area contributed by atoms with Crippen LogP contribution < -0.4 is 10.9 Å². The lowest BCUT2D eigenvalue weighted by Crippen LogP contribution is -2.32. The number of aryl methyl sites for hydroxylation is 2. The molecule has 2 aromatic heterocycles. The van der Waals surface area contributed by atoms with Crippen molar-refractivity contribution in [3.8, 4) is 0 Å².